The van der Waals surface area contributed by atoms with E-state index in [1.165, 1.54) is 36.4 Å². The van der Waals surface area contributed by atoms with Gasteiger partial charge in [-0.2, -0.15) is 13.2 Å². The van der Waals surface area contributed by atoms with Crippen LogP contribution in [0.15, 0.2) is 59.0 Å². The monoisotopic (exact) mass is 420 g/mol. The zero-order valence-electron chi connectivity index (χ0n) is 15.2. The molecule has 0 radical (unpaired) electrons. The summed E-state index contributed by atoms with van der Waals surface area (Å²) in [5, 5.41) is 2.97. The summed E-state index contributed by atoms with van der Waals surface area (Å²) < 4.78 is 44.1. The van der Waals surface area contributed by atoms with Gasteiger partial charge in [-0.3, -0.25) is 4.79 Å². The lowest BCUT2D eigenvalue weighted by Crippen LogP contribution is -2.09. The number of hydrogen-bond acceptors (Lipinski definition) is 3. The first-order valence-electron chi connectivity index (χ1n) is 8.45. The Labute approximate surface area is 169 Å². The fourth-order valence-corrected chi connectivity index (χ4v) is 3.02. The van der Waals surface area contributed by atoms with Gasteiger partial charge in [-0.1, -0.05) is 23.7 Å². The Morgan fingerprint density at radius 3 is 2.62 bits per heavy atom. The van der Waals surface area contributed by atoms with Gasteiger partial charge in [0.15, 0.2) is 0 Å². The second-order valence-corrected chi connectivity index (χ2v) is 6.70. The van der Waals surface area contributed by atoms with Crippen molar-refractivity contribution in [2.75, 3.05) is 11.1 Å². The summed E-state index contributed by atoms with van der Waals surface area (Å²) in [7, 11) is 0. The van der Waals surface area contributed by atoms with E-state index in [-0.39, 0.29) is 11.3 Å². The molecule has 0 unspecified atom stereocenters. The number of furan rings is 1. The summed E-state index contributed by atoms with van der Waals surface area (Å²) in [4.78, 5) is 12.2. The lowest BCUT2D eigenvalue weighted by atomic mass is 10.1. The van der Waals surface area contributed by atoms with E-state index in [0.29, 0.717) is 27.7 Å². The van der Waals surface area contributed by atoms with Crippen LogP contribution in [0.25, 0.3) is 17.4 Å². The Hall–Kier alpha value is -3.19. The predicted molar refractivity (Wildman–Crippen MR) is 107 cm³/mol. The molecule has 8 heteroatoms. The van der Waals surface area contributed by atoms with Crippen LogP contribution < -0.4 is 11.1 Å². The number of amides is 1. The molecule has 0 saturated carbocycles. The summed E-state index contributed by atoms with van der Waals surface area (Å²) in [6.07, 6.45) is -1.79. The van der Waals surface area contributed by atoms with E-state index in [1.807, 2.05) is 0 Å². The number of carbonyl (C=O) groups excluding carboxylic acids is 1. The molecule has 0 atom stereocenters. The maximum Gasteiger partial charge on any atom is 0.416 e. The molecule has 3 rings (SSSR count). The van der Waals surface area contributed by atoms with E-state index in [1.54, 1.807) is 19.1 Å². The van der Waals surface area contributed by atoms with Crippen molar-refractivity contribution in [3.63, 3.8) is 0 Å². The summed E-state index contributed by atoms with van der Waals surface area (Å²) >= 11 is 6.09. The molecular formula is C21H16ClF3N2O2. The zero-order valence-corrected chi connectivity index (χ0v) is 15.9. The van der Waals surface area contributed by atoms with Crippen LogP contribution >= 0.6 is 11.6 Å². The molecule has 0 saturated heterocycles. The van der Waals surface area contributed by atoms with Gasteiger partial charge in [0.25, 0.3) is 0 Å². The minimum absolute atomic E-state index is 0.258. The standard InChI is InChI=1S/C21H16ClF3N2O2/c1-12-9-15(26)11-17(22)20(12)27-19(28)8-6-16-5-7-18(29-16)13-3-2-4-14(10-13)21(23,24)25/h2-11H,26H2,1H3,(H,27,28)/b8-6+. The van der Waals surface area contributed by atoms with Crippen LogP contribution in [0.5, 0.6) is 0 Å². The number of halogens is 4. The third-order valence-corrected chi connectivity index (χ3v) is 4.36. The van der Waals surface area contributed by atoms with Gasteiger partial charge in [-0.15, -0.1) is 0 Å². The fourth-order valence-electron chi connectivity index (χ4n) is 2.70. The van der Waals surface area contributed by atoms with E-state index >= 15 is 0 Å². The van der Waals surface area contributed by atoms with Crippen LogP contribution in [0, 0.1) is 6.92 Å². The number of carbonyl (C=O) groups is 1. The molecule has 0 aliphatic carbocycles. The molecule has 150 valence electrons. The minimum Gasteiger partial charge on any atom is -0.457 e. The highest BCUT2D eigenvalue weighted by molar-refractivity contribution is 6.34. The molecule has 0 bridgehead atoms. The largest absolute Gasteiger partial charge is 0.457 e. The highest BCUT2D eigenvalue weighted by Crippen LogP contribution is 2.33. The first kappa shape index (κ1) is 20.5. The quantitative estimate of drug-likeness (QED) is 0.392. The molecule has 29 heavy (non-hydrogen) atoms. The summed E-state index contributed by atoms with van der Waals surface area (Å²) in [6, 6.07) is 11.1. The van der Waals surface area contributed by atoms with Crippen LogP contribution in [-0.4, -0.2) is 5.91 Å². The Morgan fingerprint density at radius 1 is 1.17 bits per heavy atom. The molecule has 1 amide bonds. The van der Waals surface area contributed by atoms with Crippen LogP contribution in [0.1, 0.15) is 16.9 Å². The Bertz CT molecular complexity index is 1060. The van der Waals surface area contributed by atoms with Crippen molar-refractivity contribution in [3.05, 3.63) is 76.5 Å². The number of alkyl halides is 3. The lowest BCUT2D eigenvalue weighted by molar-refractivity contribution is -0.137. The molecule has 3 N–H and O–H groups in total. The predicted octanol–water partition coefficient (Wildman–Crippen LogP) is 6.16. The smallest absolute Gasteiger partial charge is 0.416 e. The van der Waals surface area contributed by atoms with Gasteiger partial charge in [-0.25, -0.2) is 0 Å². The van der Waals surface area contributed by atoms with E-state index in [0.717, 1.165) is 12.1 Å². The minimum atomic E-state index is -4.44. The summed E-state index contributed by atoms with van der Waals surface area (Å²) in [6.45, 7) is 1.76. The maximum atomic E-state index is 12.9. The van der Waals surface area contributed by atoms with Gasteiger partial charge in [0.05, 0.1) is 16.3 Å². The molecule has 2 aromatic carbocycles. The number of rotatable bonds is 4. The zero-order chi connectivity index (χ0) is 21.2. The number of benzene rings is 2. The number of anilines is 2. The van der Waals surface area contributed by atoms with E-state index in [9.17, 15) is 18.0 Å². The number of aryl methyl sites for hydroxylation is 1. The van der Waals surface area contributed by atoms with Crippen molar-refractivity contribution in [3.8, 4) is 11.3 Å². The van der Waals surface area contributed by atoms with Crippen molar-refractivity contribution in [2.24, 2.45) is 0 Å². The number of nitrogens with two attached hydrogens (primary N) is 1. The normalized spacial score (nSPS) is 11.8. The summed E-state index contributed by atoms with van der Waals surface area (Å²) in [5.41, 5.74) is 6.85. The van der Waals surface area contributed by atoms with E-state index in [4.69, 9.17) is 21.8 Å². The third kappa shape index (κ3) is 5.00. The van der Waals surface area contributed by atoms with E-state index in [2.05, 4.69) is 5.32 Å². The average molecular weight is 421 g/mol. The number of nitrogen functional groups attached to an aromatic ring is 1. The van der Waals surface area contributed by atoms with Crippen molar-refractivity contribution in [2.45, 2.75) is 13.1 Å². The van der Waals surface area contributed by atoms with Crippen LogP contribution in [0.2, 0.25) is 5.02 Å². The Morgan fingerprint density at radius 2 is 1.93 bits per heavy atom. The molecule has 0 fully saturated rings. The molecule has 4 nitrogen and oxygen atoms in total. The highest BCUT2D eigenvalue weighted by Gasteiger charge is 2.30. The molecule has 3 aromatic rings. The molecule has 0 aliphatic rings. The average Bonchev–Trinajstić information content (AvgIpc) is 3.11. The lowest BCUT2D eigenvalue weighted by Gasteiger charge is -2.09. The van der Waals surface area contributed by atoms with Gasteiger partial charge < -0.3 is 15.5 Å². The van der Waals surface area contributed by atoms with Gasteiger partial charge in [0.1, 0.15) is 11.5 Å². The van der Waals surface area contributed by atoms with Crippen LogP contribution in [-0.2, 0) is 11.0 Å². The topological polar surface area (TPSA) is 68.3 Å². The molecule has 1 heterocycles. The van der Waals surface area contributed by atoms with Crippen molar-refractivity contribution < 1.29 is 22.4 Å². The van der Waals surface area contributed by atoms with Gasteiger partial charge >= 0.3 is 6.18 Å². The molecule has 0 aliphatic heterocycles. The second-order valence-electron chi connectivity index (χ2n) is 6.30. The second kappa shape index (κ2) is 8.05. The van der Waals surface area contributed by atoms with Crippen molar-refractivity contribution >= 4 is 35.0 Å². The van der Waals surface area contributed by atoms with Gasteiger partial charge in [0.2, 0.25) is 5.91 Å². The highest BCUT2D eigenvalue weighted by atomic mass is 35.5. The van der Waals surface area contributed by atoms with Gasteiger partial charge in [0, 0.05) is 17.3 Å². The first-order valence-corrected chi connectivity index (χ1v) is 8.83. The van der Waals surface area contributed by atoms with Gasteiger partial charge in [-0.05, 0) is 55.0 Å². The third-order valence-electron chi connectivity index (χ3n) is 4.06. The fraction of sp³-hybridized carbons (Fsp3) is 0.0952. The van der Waals surface area contributed by atoms with E-state index < -0.39 is 17.6 Å². The van der Waals surface area contributed by atoms with Crippen LogP contribution in [0.4, 0.5) is 24.5 Å². The summed E-state index contributed by atoms with van der Waals surface area (Å²) in [5.74, 6) is 0.123. The maximum absolute atomic E-state index is 12.9. The number of nitrogens with one attached hydrogen (secondary N) is 1. The van der Waals surface area contributed by atoms with Crippen LogP contribution in [0.3, 0.4) is 0 Å². The van der Waals surface area contributed by atoms with Crippen molar-refractivity contribution in [1.82, 2.24) is 0 Å². The molecule has 1 aromatic heterocycles. The SMILES string of the molecule is Cc1cc(N)cc(Cl)c1NC(=O)/C=C/c1ccc(-c2cccc(C(F)(F)F)c2)o1. The van der Waals surface area contributed by atoms with Crippen molar-refractivity contribution in [1.29, 1.82) is 0 Å². The Balaban J connectivity index is 1.73. The first-order chi connectivity index (χ1) is 13.6. The molecular weight excluding hydrogens is 405 g/mol. The number of hydrogen-bond donors (Lipinski definition) is 2. The molecule has 0 spiro atoms. The Kier molecular flexibility index (Phi) is 5.70.